The summed E-state index contributed by atoms with van der Waals surface area (Å²) >= 11 is 0. The van der Waals surface area contributed by atoms with Gasteiger partial charge < -0.3 is 13.4 Å². The first-order valence-electron chi connectivity index (χ1n) is 8.37. The first-order chi connectivity index (χ1) is 9.32. The van der Waals surface area contributed by atoms with Crippen LogP contribution in [0.5, 0.6) is 0 Å². The van der Waals surface area contributed by atoms with Gasteiger partial charge in [-0.15, -0.1) is 0 Å². The lowest BCUT2D eigenvalue weighted by molar-refractivity contribution is 0.167. The van der Waals surface area contributed by atoms with E-state index in [1.807, 2.05) is 0 Å². The Kier molecular flexibility index (Phi) is 7.42. The highest BCUT2D eigenvalue weighted by atomic mass is 28.4. The van der Waals surface area contributed by atoms with E-state index in [0.717, 1.165) is 31.7 Å². The summed E-state index contributed by atoms with van der Waals surface area (Å²) in [6, 6.07) is 1.87. The van der Waals surface area contributed by atoms with Crippen LogP contribution in [0.4, 0.5) is 0 Å². The molecule has 120 valence electrons. The van der Waals surface area contributed by atoms with E-state index in [1.165, 1.54) is 25.8 Å². The normalized spacial score (nSPS) is 24.0. The first-order valence-corrected chi connectivity index (χ1v) is 14.3. The van der Waals surface area contributed by atoms with Crippen molar-refractivity contribution in [1.82, 2.24) is 4.57 Å². The van der Waals surface area contributed by atoms with Crippen molar-refractivity contribution in [2.24, 2.45) is 0 Å². The fraction of sp³-hybridized carbons (Fsp3) is 1.00. The zero-order chi connectivity index (χ0) is 15.2. The molecule has 0 N–H and O–H groups in total. The van der Waals surface area contributed by atoms with Crippen LogP contribution in [0.25, 0.3) is 0 Å². The van der Waals surface area contributed by atoms with Crippen molar-refractivity contribution in [3.05, 3.63) is 0 Å². The molecule has 0 spiro atoms. The van der Waals surface area contributed by atoms with E-state index in [2.05, 4.69) is 44.6 Å². The molecule has 0 aromatic carbocycles. The quantitative estimate of drug-likeness (QED) is 0.595. The van der Waals surface area contributed by atoms with Crippen molar-refractivity contribution in [2.75, 3.05) is 19.8 Å². The molecular formula is C15H35NO2Si2. The lowest BCUT2D eigenvalue weighted by Gasteiger charge is -2.36. The van der Waals surface area contributed by atoms with Gasteiger partial charge in [0.25, 0.3) is 0 Å². The van der Waals surface area contributed by atoms with Gasteiger partial charge in [-0.3, -0.25) is 0 Å². The predicted octanol–water partition coefficient (Wildman–Crippen LogP) is 4.21. The van der Waals surface area contributed by atoms with Gasteiger partial charge in [0.15, 0.2) is 0 Å². The van der Waals surface area contributed by atoms with Crippen LogP contribution < -0.4 is 0 Å². The molecule has 1 fully saturated rings. The molecule has 0 aliphatic carbocycles. The van der Waals surface area contributed by atoms with Gasteiger partial charge in [-0.25, -0.2) is 0 Å². The summed E-state index contributed by atoms with van der Waals surface area (Å²) in [6.45, 7) is 16.9. The lowest BCUT2D eigenvalue weighted by Crippen LogP contribution is -2.49. The van der Waals surface area contributed by atoms with E-state index < -0.39 is 16.8 Å². The van der Waals surface area contributed by atoms with Crippen LogP contribution in [0.2, 0.25) is 32.2 Å². The van der Waals surface area contributed by atoms with E-state index in [1.54, 1.807) is 0 Å². The number of rotatable bonds is 9. The van der Waals surface area contributed by atoms with Gasteiger partial charge in [0.1, 0.15) is 8.24 Å². The molecule has 1 aliphatic heterocycles. The second-order valence-electron chi connectivity index (χ2n) is 7.11. The van der Waals surface area contributed by atoms with Crippen LogP contribution >= 0.6 is 0 Å². The topological polar surface area (TPSA) is 21.7 Å². The van der Waals surface area contributed by atoms with Crippen LogP contribution in [0.3, 0.4) is 0 Å². The van der Waals surface area contributed by atoms with Crippen LogP contribution in [-0.4, -0.2) is 47.2 Å². The van der Waals surface area contributed by atoms with Gasteiger partial charge in [0, 0.05) is 19.3 Å². The minimum absolute atomic E-state index is 0.753. The zero-order valence-electron chi connectivity index (χ0n) is 14.5. The standard InChI is InChI=1S/C15H35NO2Si2/c1-7-14-20(6,17-8-2)18-13-11-15-10-9-12-16(15)19(3,4)5/h15H,7-14H2,1-6H3. The summed E-state index contributed by atoms with van der Waals surface area (Å²) in [5.74, 6) is 0. The summed E-state index contributed by atoms with van der Waals surface area (Å²) in [5, 5.41) is 0. The highest BCUT2D eigenvalue weighted by molar-refractivity contribution is 6.73. The molecule has 2 atom stereocenters. The molecule has 2 unspecified atom stereocenters. The average Bonchev–Trinajstić information content (AvgIpc) is 2.77. The maximum absolute atomic E-state index is 6.24. The highest BCUT2D eigenvalue weighted by Crippen LogP contribution is 2.27. The summed E-state index contributed by atoms with van der Waals surface area (Å²) in [4.78, 5) is 0. The fourth-order valence-corrected chi connectivity index (χ4v) is 8.00. The van der Waals surface area contributed by atoms with E-state index in [9.17, 15) is 0 Å². The Morgan fingerprint density at radius 3 is 2.35 bits per heavy atom. The van der Waals surface area contributed by atoms with Crippen molar-refractivity contribution in [3.8, 4) is 0 Å². The molecule has 1 saturated heterocycles. The molecule has 20 heavy (non-hydrogen) atoms. The summed E-state index contributed by atoms with van der Waals surface area (Å²) in [5.41, 5.74) is 0. The molecule has 0 aromatic heterocycles. The van der Waals surface area contributed by atoms with Crippen molar-refractivity contribution in [2.45, 2.75) is 77.8 Å². The van der Waals surface area contributed by atoms with E-state index in [4.69, 9.17) is 8.85 Å². The van der Waals surface area contributed by atoms with Gasteiger partial charge in [-0.2, -0.15) is 0 Å². The Morgan fingerprint density at radius 2 is 1.80 bits per heavy atom. The highest BCUT2D eigenvalue weighted by Gasteiger charge is 2.35. The molecule has 0 bridgehead atoms. The Labute approximate surface area is 128 Å². The van der Waals surface area contributed by atoms with Crippen LogP contribution in [0, 0.1) is 0 Å². The molecule has 0 saturated carbocycles. The van der Waals surface area contributed by atoms with Gasteiger partial charge >= 0.3 is 8.56 Å². The fourth-order valence-electron chi connectivity index (χ4n) is 3.38. The molecular weight excluding hydrogens is 282 g/mol. The van der Waals surface area contributed by atoms with Crippen LogP contribution in [0.15, 0.2) is 0 Å². The molecule has 0 amide bonds. The molecule has 1 rings (SSSR count). The Hall–Kier alpha value is 0.314. The smallest absolute Gasteiger partial charge is 0.334 e. The van der Waals surface area contributed by atoms with Crippen molar-refractivity contribution in [1.29, 1.82) is 0 Å². The Balaban J connectivity index is 2.42. The SMILES string of the molecule is CCC[Si](C)(OCC)OCCC1CCCN1[Si](C)(C)C. The molecule has 1 aliphatic rings. The first kappa shape index (κ1) is 18.4. The predicted molar refractivity (Wildman–Crippen MR) is 92.0 cm³/mol. The van der Waals surface area contributed by atoms with Crippen LogP contribution in [-0.2, 0) is 8.85 Å². The maximum Gasteiger partial charge on any atom is 0.334 e. The second kappa shape index (κ2) is 8.08. The Morgan fingerprint density at radius 1 is 1.10 bits per heavy atom. The third-order valence-corrected chi connectivity index (χ3v) is 9.69. The van der Waals surface area contributed by atoms with Crippen molar-refractivity contribution in [3.63, 3.8) is 0 Å². The average molecular weight is 318 g/mol. The molecule has 1 heterocycles. The van der Waals surface area contributed by atoms with E-state index >= 15 is 0 Å². The lowest BCUT2D eigenvalue weighted by atomic mass is 10.2. The van der Waals surface area contributed by atoms with Gasteiger partial charge in [-0.1, -0.05) is 33.0 Å². The minimum atomic E-state index is -1.90. The summed E-state index contributed by atoms with van der Waals surface area (Å²) in [7, 11) is -3.05. The van der Waals surface area contributed by atoms with Gasteiger partial charge in [0.05, 0.1) is 0 Å². The largest absolute Gasteiger partial charge is 0.395 e. The zero-order valence-corrected chi connectivity index (χ0v) is 16.5. The van der Waals surface area contributed by atoms with E-state index in [-0.39, 0.29) is 0 Å². The molecule has 0 radical (unpaired) electrons. The number of hydrogen-bond donors (Lipinski definition) is 0. The van der Waals surface area contributed by atoms with Gasteiger partial charge in [-0.05, 0) is 45.3 Å². The third-order valence-electron chi connectivity index (χ3n) is 4.25. The Bertz CT molecular complexity index is 276. The van der Waals surface area contributed by atoms with Crippen molar-refractivity contribution >= 4 is 16.8 Å². The maximum atomic E-state index is 6.24. The molecule has 5 heteroatoms. The third kappa shape index (κ3) is 5.60. The minimum Gasteiger partial charge on any atom is -0.395 e. The molecule has 3 nitrogen and oxygen atoms in total. The summed E-state index contributed by atoms with van der Waals surface area (Å²) < 4.78 is 15.0. The molecule has 0 aromatic rings. The number of hydrogen-bond acceptors (Lipinski definition) is 3. The summed E-state index contributed by atoms with van der Waals surface area (Å²) in [6.07, 6.45) is 5.06. The van der Waals surface area contributed by atoms with Crippen molar-refractivity contribution < 1.29 is 8.85 Å². The van der Waals surface area contributed by atoms with E-state index in [0.29, 0.717) is 0 Å². The van der Waals surface area contributed by atoms with Crippen LogP contribution in [0.1, 0.15) is 39.5 Å². The monoisotopic (exact) mass is 317 g/mol. The number of nitrogens with zero attached hydrogens (tertiary/aromatic N) is 1. The van der Waals surface area contributed by atoms with Gasteiger partial charge in [0.2, 0.25) is 0 Å². The second-order valence-corrected chi connectivity index (χ2v) is 15.4.